The molecule has 4 aliphatic rings. The molecular weight excluding hydrogens is 420 g/mol. The fourth-order valence-electron chi connectivity index (χ4n) is 9.08. The highest BCUT2D eigenvalue weighted by atomic mass is 16.3. The van der Waals surface area contributed by atoms with Gasteiger partial charge in [-0.2, -0.15) is 0 Å². The summed E-state index contributed by atoms with van der Waals surface area (Å²) >= 11 is 0. The third kappa shape index (κ3) is 3.67. The number of hydrogen-bond donors (Lipinski definition) is 2. The van der Waals surface area contributed by atoms with Crippen molar-refractivity contribution in [2.75, 3.05) is 14.1 Å². The Morgan fingerprint density at radius 3 is 2.38 bits per heavy atom. The number of carbonyl (C=O) groups excluding carboxylic acids is 1. The summed E-state index contributed by atoms with van der Waals surface area (Å²) in [5.74, 6) is 3.17. The third-order valence-corrected chi connectivity index (χ3v) is 11.2. The van der Waals surface area contributed by atoms with Crippen LogP contribution in [0.5, 0.6) is 0 Å². The van der Waals surface area contributed by atoms with Gasteiger partial charge in [0.2, 0.25) is 0 Å². The quantitative estimate of drug-likeness (QED) is 0.619. The van der Waals surface area contributed by atoms with Crippen molar-refractivity contribution in [1.29, 1.82) is 0 Å². The second kappa shape index (κ2) is 8.78. The molecule has 1 aromatic rings. The molecule has 34 heavy (non-hydrogen) atoms. The lowest BCUT2D eigenvalue weighted by molar-refractivity contribution is -0.125. The van der Waals surface area contributed by atoms with E-state index in [1.54, 1.807) is 0 Å². The number of allylic oxidation sites excluding steroid dienone is 1. The lowest BCUT2D eigenvalue weighted by Gasteiger charge is -2.61. The zero-order valence-electron chi connectivity index (χ0n) is 21.8. The van der Waals surface area contributed by atoms with E-state index in [1.807, 2.05) is 30.3 Å². The molecule has 4 nitrogen and oxygen atoms in total. The summed E-state index contributed by atoms with van der Waals surface area (Å²) in [6.07, 6.45) is 10.2. The monoisotopic (exact) mass is 464 g/mol. The summed E-state index contributed by atoms with van der Waals surface area (Å²) in [7, 11) is 4.48. The highest BCUT2D eigenvalue weighted by Crippen LogP contribution is 2.67. The smallest absolute Gasteiger partial charge is 0.255 e. The van der Waals surface area contributed by atoms with Gasteiger partial charge >= 0.3 is 0 Å². The molecule has 0 bridgehead atoms. The standard InChI is InChI=1S/C30H44N2O2/c1-19(32(4)5)22-13-14-23-21-11-12-25-27(33)26(31-28(34)20-9-7-6-8-10-20)16-18-30(25,3)24(21)15-17-29(22,23)2/h6-10,16,19,21-25,27,33H,11-15,17-18H2,1-5H3,(H,31,34). The zero-order valence-corrected chi connectivity index (χ0v) is 21.8. The number of nitrogens with one attached hydrogen (secondary N) is 1. The average molecular weight is 465 g/mol. The highest BCUT2D eigenvalue weighted by molar-refractivity contribution is 5.95. The zero-order chi connectivity index (χ0) is 24.3. The van der Waals surface area contributed by atoms with Crippen LogP contribution in [0.15, 0.2) is 42.1 Å². The van der Waals surface area contributed by atoms with Crippen LogP contribution in [0.1, 0.15) is 76.1 Å². The third-order valence-electron chi connectivity index (χ3n) is 11.2. The van der Waals surface area contributed by atoms with Crippen LogP contribution in [-0.4, -0.2) is 42.2 Å². The van der Waals surface area contributed by atoms with E-state index < -0.39 is 6.10 Å². The number of aliphatic hydroxyl groups excluding tert-OH is 1. The minimum atomic E-state index is -0.578. The summed E-state index contributed by atoms with van der Waals surface area (Å²) in [6.45, 7) is 7.48. The first-order valence-electron chi connectivity index (χ1n) is 13.6. The molecule has 0 radical (unpaired) electrons. The largest absolute Gasteiger partial charge is 0.387 e. The maximum absolute atomic E-state index is 12.8. The minimum absolute atomic E-state index is 0.121. The Hall–Kier alpha value is -1.65. The molecule has 0 saturated heterocycles. The summed E-state index contributed by atoms with van der Waals surface area (Å²) in [5.41, 5.74) is 1.93. The first-order chi connectivity index (χ1) is 16.2. The number of fused-ring (bicyclic) bond motifs is 5. The Labute approximate surface area is 206 Å². The second-order valence-corrected chi connectivity index (χ2v) is 12.6. The van der Waals surface area contributed by atoms with Crippen molar-refractivity contribution in [3.05, 3.63) is 47.7 Å². The van der Waals surface area contributed by atoms with Gasteiger partial charge in [0.1, 0.15) is 0 Å². The van der Waals surface area contributed by atoms with Gasteiger partial charge in [-0.1, -0.05) is 38.1 Å². The maximum Gasteiger partial charge on any atom is 0.255 e. The van der Waals surface area contributed by atoms with E-state index in [0.717, 1.165) is 36.3 Å². The normalized spacial score (nSPS) is 42.3. The van der Waals surface area contributed by atoms with Gasteiger partial charge in [0, 0.05) is 17.3 Å². The van der Waals surface area contributed by atoms with Crippen LogP contribution >= 0.6 is 0 Å². The predicted molar refractivity (Wildman–Crippen MR) is 137 cm³/mol. The molecule has 0 spiro atoms. The SMILES string of the molecule is CC(C1CCC2C3CCC4C(O)C(NC(=O)c5ccccc5)=CCC4(C)C3CCC21C)N(C)C. The molecule has 1 amide bonds. The summed E-state index contributed by atoms with van der Waals surface area (Å²) in [4.78, 5) is 15.2. The van der Waals surface area contributed by atoms with Crippen molar-refractivity contribution in [2.45, 2.75) is 77.9 Å². The van der Waals surface area contributed by atoms with E-state index >= 15 is 0 Å². The number of nitrogens with zero attached hydrogens (tertiary/aromatic N) is 1. The van der Waals surface area contributed by atoms with Gasteiger partial charge in [0.05, 0.1) is 6.10 Å². The number of hydrogen-bond acceptors (Lipinski definition) is 3. The van der Waals surface area contributed by atoms with Crippen molar-refractivity contribution in [3.63, 3.8) is 0 Å². The lowest BCUT2D eigenvalue weighted by Crippen LogP contribution is -2.57. The summed E-state index contributed by atoms with van der Waals surface area (Å²) in [5, 5.41) is 14.5. The average Bonchev–Trinajstić information content (AvgIpc) is 3.18. The van der Waals surface area contributed by atoms with Crippen LogP contribution in [0.3, 0.4) is 0 Å². The van der Waals surface area contributed by atoms with E-state index in [-0.39, 0.29) is 17.2 Å². The fourth-order valence-corrected chi connectivity index (χ4v) is 9.08. The van der Waals surface area contributed by atoms with Gasteiger partial charge in [0.25, 0.3) is 5.91 Å². The van der Waals surface area contributed by atoms with Crippen molar-refractivity contribution in [3.8, 4) is 0 Å². The molecule has 9 atom stereocenters. The van der Waals surface area contributed by atoms with Crippen molar-refractivity contribution < 1.29 is 9.90 Å². The van der Waals surface area contributed by atoms with Gasteiger partial charge in [-0.3, -0.25) is 4.79 Å². The van der Waals surface area contributed by atoms with Gasteiger partial charge < -0.3 is 15.3 Å². The first kappa shape index (κ1) is 24.1. The highest BCUT2D eigenvalue weighted by Gasteiger charge is 2.61. The molecule has 186 valence electrons. The summed E-state index contributed by atoms with van der Waals surface area (Å²) in [6, 6.07) is 9.95. The summed E-state index contributed by atoms with van der Waals surface area (Å²) < 4.78 is 0. The van der Waals surface area contributed by atoms with Crippen LogP contribution < -0.4 is 5.32 Å². The van der Waals surface area contributed by atoms with Gasteiger partial charge in [-0.05, 0) is 119 Å². The number of aliphatic hydroxyl groups is 1. The van der Waals surface area contributed by atoms with E-state index in [2.05, 4.69) is 51.2 Å². The van der Waals surface area contributed by atoms with E-state index in [1.165, 1.54) is 32.1 Å². The maximum atomic E-state index is 12.8. The van der Waals surface area contributed by atoms with Crippen LogP contribution in [-0.2, 0) is 0 Å². The fraction of sp³-hybridized carbons (Fsp3) is 0.700. The van der Waals surface area contributed by atoms with Crippen molar-refractivity contribution in [1.82, 2.24) is 10.2 Å². The van der Waals surface area contributed by atoms with Crippen molar-refractivity contribution >= 4 is 5.91 Å². The molecule has 3 fully saturated rings. The molecule has 5 rings (SSSR count). The van der Waals surface area contributed by atoms with E-state index in [0.29, 0.717) is 22.9 Å². The van der Waals surface area contributed by atoms with Crippen LogP contribution in [0.4, 0.5) is 0 Å². The number of benzene rings is 1. The number of carbonyl (C=O) groups is 1. The van der Waals surface area contributed by atoms with Gasteiger partial charge in [0.15, 0.2) is 0 Å². The number of amides is 1. The molecule has 0 heterocycles. The lowest BCUT2D eigenvalue weighted by atomic mass is 9.44. The molecule has 4 aliphatic carbocycles. The van der Waals surface area contributed by atoms with Crippen molar-refractivity contribution in [2.24, 2.45) is 40.4 Å². The molecule has 0 aromatic heterocycles. The predicted octanol–water partition coefficient (Wildman–Crippen LogP) is 5.49. The van der Waals surface area contributed by atoms with Crippen LogP contribution in [0.2, 0.25) is 0 Å². The molecule has 4 heteroatoms. The van der Waals surface area contributed by atoms with Crippen LogP contribution in [0, 0.1) is 40.4 Å². The molecule has 1 aromatic carbocycles. The Morgan fingerprint density at radius 2 is 1.68 bits per heavy atom. The van der Waals surface area contributed by atoms with Gasteiger partial charge in [-0.15, -0.1) is 0 Å². The second-order valence-electron chi connectivity index (χ2n) is 12.6. The van der Waals surface area contributed by atoms with E-state index in [9.17, 15) is 9.90 Å². The molecule has 0 aliphatic heterocycles. The Kier molecular flexibility index (Phi) is 6.21. The minimum Gasteiger partial charge on any atom is -0.387 e. The molecule has 2 N–H and O–H groups in total. The number of rotatable bonds is 4. The molecule has 9 unspecified atom stereocenters. The van der Waals surface area contributed by atoms with E-state index in [4.69, 9.17) is 0 Å². The Bertz CT molecular complexity index is 942. The molecular formula is C30H44N2O2. The first-order valence-corrected chi connectivity index (χ1v) is 13.6. The molecule has 3 saturated carbocycles. The van der Waals surface area contributed by atoms with Gasteiger partial charge in [-0.25, -0.2) is 0 Å². The Morgan fingerprint density at radius 1 is 1.00 bits per heavy atom. The Balaban J connectivity index is 1.35. The van der Waals surface area contributed by atoms with Crippen LogP contribution in [0.25, 0.3) is 0 Å². The topological polar surface area (TPSA) is 52.6 Å².